The van der Waals surface area contributed by atoms with Crippen LogP contribution < -0.4 is 16.6 Å². The molecule has 0 saturated carbocycles. The molecule has 1 aromatic rings. The predicted octanol–water partition coefficient (Wildman–Crippen LogP) is -1.70. The summed E-state index contributed by atoms with van der Waals surface area (Å²) in [5.41, 5.74) is -0.950. The third-order valence-electron chi connectivity index (χ3n) is 1.96. The van der Waals surface area contributed by atoms with E-state index in [9.17, 15) is 14.4 Å². The maximum absolute atomic E-state index is 11.5. The van der Waals surface area contributed by atoms with Crippen molar-refractivity contribution in [2.75, 3.05) is 6.54 Å². The lowest BCUT2D eigenvalue weighted by molar-refractivity contribution is -0.121. The van der Waals surface area contributed by atoms with Crippen LogP contribution >= 0.6 is 0 Å². The van der Waals surface area contributed by atoms with Gasteiger partial charge in [0.2, 0.25) is 5.91 Å². The van der Waals surface area contributed by atoms with Crippen molar-refractivity contribution in [3.05, 3.63) is 33.1 Å². The van der Waals surface area contributed by atoms with Crippen LogP contribution in [0.2, 0.25) is 0 Å². The van der Waals surface area contributed by atoms with Crippen molar-refractivity contribution in [2.24, 2.45) is 7.05 Å². The van der Waals surface area contributed by atoms with Crippen molar-refractivity contribution in [3.8, 4) is 12.3 Å². The predicted molar refractivity (Wildman–Crippen MR) is 57.8 cm³/mol. The zero-order valence-corrected chi connectivity index (χ0v) is 8.77. The van der Waals surface area contributed by atoms with Crippen LogP contribution in [0.4, 0.5) is 0 Å². The maximum atomic E-state index is 11.5. The standard InChI is InChI=1S/C10H11N3O3/c1-3-5-11-8(14)7-13-6-4-9(15)12(2)10(13)16/h1,4,6H,5,7H2,2H3,(H,11,14). The first-order chi connectivity index (χ1) is 7.56. The van der Waals surface area contributed by atoms with Crippen molar-refractivity contribution in [3.63, 3.8) is 0 Å². The van der Waals surface area contributed by atoms with Gasteiger partial charge in [-0.15, -0.1) is 6.42 Å². The SMILES string of the molecule is C#CCNC(=O)Cn1ccc(=O)n(C)c1=O. The Labute approximate surface area is 91.5 Å². The van der Waals surface area contributed by atoms with Gasteiger partial charge in [0.1, 0.15) is 6.54 Å². The summed E-state index contributed by atoms with van der Waals surface area (Å²) < 4.78 is 2.06. The number of rotatable bonds is 3. The van der Waals surface area contributed by atoms with Crippen LogP contribution in [0.3, 0.4) is 0 Å². The number of amides is 1. The topological polar surface area (TPSA) is 73.1 Å². The second-order valence-corrected chi connectivity index (χ2v) is 3.10. The van der Waals surface area contributed by atoms with Gasteiger partial charge in [-0.05, 0) is 0 Å². The minimum atomic E-state index is -0.539. The summed E-state index contributed by atoms with van der Waals surface area (Å²) in [5, 5.41) is 2.42. The third-order valence-corrected chi connectivity index (χ3v) is 1.96. The highest BCUT2D eigenvalue weighted by molar-refractivity contribution is 5.75. The second-order valence-electron chi connectivity index (χ2n) is 3.10. The van der Waals surface area contributed by atoms with E-state index in [4.69, 9.17) is 6.42 Å². The number of nitrogens with zero attached hydrogens (tertiary/aromatic N) is 2. The fourth-order valence-electron chi connectivity index (χ4n) is 1.10. The van der Waals surface area contributed by atoms with E-state index >= 15 is 0 Å². The van der Waals surface area contributed by atoms with Crippen molar-refractivity contribution in [2.45, 2.75) is 6.54 Å². The van der Waals surface area contributed by atoms with Crippen molar-refractivity contribution < 1.29 is 4.79 Å². The summed E-state index contributed by atoms with van der Waals surface area (Å²) in [6, 6.07) is 1.22. The van der Waals surface area contributed by atoms with Gasteiger partial charge >= 0.3 is 5.69 Å². The molecule has 0 unspecified atom stereocenters. The number of carbonyl (C=O) groups excluding carboxylic acids is 1. The summed E-state index contributed by atoms with van der Waals surface area (Å²) in [4.78, 5) is 33.8. The molecule has 0 aliphatic carbocycles. The average Bonchev–Trinajstić information content (AvgIpc) is 2.27. The molecule has 1 rings (SSSR count). The highest BCUT2D eigenvalue weighted by Gasteiger charge is 2.05. The van der Waals surface area contributed by atoms with Crippen molar-refractivity contribution >= 4 is 5.91 Å². The number of carbonyl (C=O) groups is 1. The van der Waals surface area contributed by atoms with Gasteiger partial charge in [0.05, 0.1) is 6.54 Å². The number of aromatic nitrogens is 2. The molecular weight excluding hydrogens is 210 g/mol. The Morgan fingerprint density at radius 2 is 2.25 bits per heavy atom. The molecule has 1 N–H and O–H groups in total. The Bertz CT molecular complexity index is 548. The molecule has 0 aromatic carbocycles. The highest BCUT2D eigenvalue weighted by atomic mass is 16.2. The van der Waals surface area contributed by atoms with E-state index in [0.29, 0.717) is 0 Å². The number of nitrogens with one attached hydrogen (secondary N) is 1. The molecule has 1 aromatic heterocycles. The van der Waals surface area contributed by atoms with Crippen molar-refractivity contribution in [1.82, 2.24) is 14.5 Å². The van der Waals surface area contributed by atoms with Gasteiger partial charge in [-0.2, -0.15) is 0 Å². The lowest BCUT2D eigenvalue weighted by Crippen LogP contribution is -2.40. The number of hydrogen-bond donors (Lipinski definition) is 1. The molecule has 1 heterocycles. The molecule has 0 aliphatic rings. The Hall–Kier alpha value is -2.29. The first kappa shape index (κ1) is 11.8. The molecule has 84 valence electrons. The first-order valence-corrected chi connectivity index (χ1v) is 4.53. The summed E-state index contributed by atoms with van der Waals surface area (Å²) in [7, 11) is 1.35. The molecule has 0 bridgehead atoms. The summed E-state index contributed by atoms with van der Waals surface area (Å²) in [6.45, 7) is -0.0476. The maximum Gasteiger partial charge on any atom is 0.331 e. The minimum absolute atomic E-state index is 0.110. The summed E-state index contributed by atoms with van der Waals surface area (Å²) >= 11 is 0. The van der Waals surface area contributed by atoms with Gasteiger partial charge in [0.25, 0.3) is 5.56 Å². The first-order valence-electron chi connectivity index (χ1n) is 4.53. The molecule has 6 nitrogen and oxygen atoms in total. The average molecular weight is 221 g/mol. The van der Waals surface area contributed by atoms with E-state index in [-0.39, 0.29) is 19.0 Å². The van der Waals surface area contributed by atoms with E-state index < -0.39 is 11.2 Å². The van der Waals surface area contributed by atoms with Crippen LogP contribution in [0.1, 0.15) is 0 Å². The quantitative estimate of drug-likeness (QED) is 0.618. The molecule has 0 atom stereocenters. The zero-order chi connectivity index (χ0) is 12.1. The molecular formula is C10H11N3O3. The Morgan fingerprint density at radius 3 is 2.88 bits per heavy atom. The summed E-state index contributed by atoms with van der Waals surface area (Å²) in [5.74, 6) is 1.87. The van der Waals surface area contributed by atoms with E-state index in [1.54, 1.807) is 0 Å². The lowest BCUT2D eigenvalue weighted by Gasteiger charge is -2.06. The lowest BCUT2D eigenvalue weighted by atomic mass is 10.5. The van der Waals surface area contributed by atoms with Crippen LogP contribution in [-0.2, 0) is 18.4 Å². The van der Waals surface area contributed by atoms with E-state index in [1.165, 1.54) is 19.3 Å². The van der Waals surface area contributed by atoms with Gasteiger partial charge in [0.15, 0.2) is 0 Å². The fraction of sp³-hybridized carbons (Fsp3) is 0.300. The minimum Gasteiger partial charge on any atom is -0.344 e. The van der Waals surface area contributed by atoms with E-state index in [1.807, 2.05) is 0 Å². The van der Waals surface area contributed by atoms with Crippen molar-refractivity contribution in [1.29, 1.82) is 0 Å². The van der Waals surface area contributed by atoms with Gasteiger partial charge < -0.3 is 5.32 Å². The smallest absolute Gasteiger partial charge is 0.331 e. The summed E-state index contributed by atoms with van der Waals surface area (Å²) in [6.07, 6.45) is 6.24. The van der Waals surface area contributed by atoms with Gasteiger partial charge in [0, 0.05) is 19.3 Å². The molecule has 0 spiro atoms. The monoisotopic (exact) mass is 221 g/mol. The normalized spacial score (nSPS) is 9.50. The molecule has 0 aliphatic heterocycles. The van der Waals surface area contributed by atoms with Crippen LogP contribution in [0, 0.1) is 12.3 Å². The van der Waals surface area contributed by atoms with Gasteiger partial charge in [-0.25, -0.2) is 4.79 Å². The Balaban J connectivity index is 2.88. The zero-order valence-electron chi connectivity index (χ0n) is 8.77. The molecule has 0 radical (unpaired) electrons. The van der Waals surface area contributed by atoms with E-state index in [2.05, 4.69) is 11.2 Å². The fourth-order valence-corrected chi connectivity index (χ4v) is 1.10. The van der Waals surface area contributed by atoms with Crippen LogP contribution in [0.15, 0.2) is 21.9 Å². The molecule has 16 heavy (non-hydrogen) atoms. The van der Waals surface area contributed by atoms with Crippen LogP contribution in [0.25, 0.3) is 0 Å². The van der Waals surface area contributed by atoms with Crippen LogP contribution in [-0.4, -0.2) is 21.6 Å². The number of terminal acetylenes is 1. The Kier molecular flexibility index (Phi) is 3.67. The molecule has 0 fully saturated rings. The largest absolute Gasteiger partial charge is 0.344 e. The van der Waals surface area contributed by atoms with E-state index in [0.717, 1.165) is 9.13 Å². The van der Waals surface area contributed by atoms with Crippen LogP contribution in [0.5, 0.6) is 0 Å². The van der Waals surface area contributed by atoms with Gasteiger partial charge in [-0.3, -0.25) is 18.7 Å². The Morgan fingerprint density at radius 1 is 1.56 bits per heavy atom. The number of hydrogen-bond acceptors (Lipinski definition) is 3. The third kappa shape index (κ3) is 2.60. The highest BCUT2D eigenvalue weighted by Crippen LogP contribution is 1.78. The molecule has 0 saturated heterocycles. The molecule has 6 heteroatoms. The molecule has 1 amide bonds. The second kappa shape index (κ2) is 4.98. The van der Waals surface area contributed by atoms with Gasteiger partial charge in [-0.1, -0.05) is 5.92 Å².